The fraction of sp³-hybridized carbons (Fsp3) is 0.412. The van der Waals surface area contributed by atoms with E-state index in [-0.39, 0.29) is 5.91 Å². The molecule has 0 bridgehead atoms. The number of rotatable bonds is 3. The minimum absolute atomic E-state index is 0.0445. The normalized spacial score (nSPS) is 16.0. The van der Waals surface area contributed by atoms with Gasteiger partial charge in [0.15, 0.2) is 0 Å². The maximum atomic E-state index is 12.6. The first kappa shape index (κ1) is 14.8. The third-order valence-electron chi connectivity index (χ3n) is 4.34. The van der Waals surface area contributed by atoms with Crippen molar-refractivity contribution in [1.29, 1.82) is 0 Å². The zero-order chi connectivity index (χ0) is 15.5. The highest BCUT2D eigenvalue weighted by Gasteiger charge is 2.23. The van der Waals surface area contributed by atoms with E-state index in [1.807, 2.05) is 29.2 Å². The highest BCUT2D eigenvalue weighted by atomic mass is 16.2. The van der Waals surface area contributed by atoms with Crippen LogP contribution in [0.4, 0.5) is 0 Å². The molecule has 2 aromatic rings. The number of aromatic nitrogens is 2. The second kappa shape index (κ2) is 6.32. The summed E-state index contributed by atoms with van der Waals surface area (Å²) in [6.45, 7) is 8.71. The van der Waals surface area contributed by atoms with Gasteiger partial charge >= 0.3 is 0 Å². The van der Waals surface area contributed by atoms with E-state index >= 15 is 0 Å². The van der Waals surface area contributed by atoms with E-state index in [2.05, 4.69) is 35.0 Å². The van der Waals surface area contributed by atoms with Gasteiger partial charge in [0.1, 0.15) is 5.69 Å². The van der Waals surface area contributed by atoms with Crippen molar-refractivity contribution in [3.8, 4) is 11.3 Å². The summed E-state index contributed by atoms with van der Waals surface area (Å²) in [5.41, 5.74) is 3.62. The van der Waals surface area contributed by atoms with Crippen LogP contribution in [0.5, 0.6) is 0 Å². The molecule has 1 fully saturated rings. The van der Waals surface area contributed by atoms with Crippen LogP contribution in [0.25, 0.3) is 11.3 Å². The van der Waals surface area contributed by atoms with Crippen LogP contribution < -0.4 is 0 Å². The summed E-state index contributed by atoms with van der Waals surface area (Å²) in [7, 11) is 0. The first-order valence-electron chi connectivity index (χ1n) is 7.82. The number of amides is 1. The van der Waals surface area contributed by atoms with Gasteiger partial charge in [-0.3, -0.25) is 9.89 Å². The molecule has 3 rings (SSSR count). The van der Waals surface area contributed by atoms with Crippen molar-refractivity contribution in [3.63, 3.8) is 0 Å². The molecule has 0 saturated carbocycles. The van der Waals surface area contributed by atoms with Crippen LogP contribution in [0.15, 0.2) is 30.3 Å². The Bertz CT molecular complexity index is 656. The second-order valence-corrected chi connectivity index (χ2v) is 5.71. The lowest BCUT2D eigenvalue weighted by molar-refractivity contribution is 0.0637. The van der Waals surface area contributed by atoms with Crippen molar-refractivity contribution in [2.45, 2.75) is 13.8 Å². The average molecular weight is 298 g/mol. The molecule has 1 N–H and O–H groups in total. The molecule has 22 heavy (non-hydrogen) atoms. The number of carbonyl (C=O) groups excluding carboxylic acids is 1. The van der Waals surface area contributed by atoms with Crippen molar-refractivity contribution in [1.82, 2.24) is 20.0 Å². The Morgan fingerprint density at radius 2 is 1.95 bits per heavy atom. The van der Waals surface area contributed by atoms with Gasteiger partial charge in [0, 0.05) is 31.7 Å². The fourth-order valence-electron chi connectivity index (χ4n) is 2.87. The van der Waals surface area contributed by atoms with Crippen molar-refractivity contribution in [2.24, 2.45) is 0 Å². The summed E-state index contributed by atoms with van der Waals surface area (Å²) in [4.78, 5) is 16.8. The Morgan fingerprint density at radius 1 is 1.23 bits per heavy atom. The van der Waals surface area contributed by atoms with Crippen LogP contribution in [0.1, 0.15) is 23.0 Å². The molecule has 1 saturated heterocycles. The Hall–Kier alpha value is -2.14. The lowest BCUT2D eigenvalue weighted by Gasteiger charge is -2.33. The number of likely N-dealkylation sites (N-methyl/N-ethyl adjacent to an activating group) is 1. The molecule has 0 atom stereocenters. The molecule has 1 aliphatic heterocycles. The molecule has 1 aromatic carbocycles. The predicted molar refractivity (Wildman–Crippen MR) is 86.8 cm³/mol. The van der Waals surface area contributed by atoms with Gasteiger partial charge in [-0.2, -0.15) is 5.10 Å². The van der Waals surface area contributed by atoms with E-state index in [1.165, 1.54) is 0 Å². The number of aromatic amines is 1. The van der Waals surface area contributed by atoms with Gasteiger partial charge in [-0.05, 0) is 25.1 Å². The van der Waals surface area contributed by atoms with E-state index in [9.17, 15) is 4.79 Å². The summed E-state index contributed by atoms with van der Waals surface area (Å²) in [5.74, 6) is 0.0445. The van der Waals surface area contributed by atoms with E-state index in [0.717, 1.165) is 49.5 Å². The first-order chi connectivity index (χ1) is 10.7. The Kier molecular flexibility index (Phi) is 4.24. The van der Waals surface area contributed by atoms with Crippen molar-refractivity contribution >= 4 is 5.91 Å². The van der Waals surface area contributed by atoms with E-state index in [4.69, 9.17) is 0 Å². The number of benzene rings is 1. The van der Waals surface area contributed by atoms with Crippen LogP contribution in [0.3, 0.4) is 0 Å². The molecule has 2 heterocycles. The zero-order valence-corrected chi connectivity index (χ0v) is 13.2. The average Bonchev–Trinajstić information content (AvgIpc) is 3.04. The minimum Gasteiger partial charge on any atom is -0.335 e. The molecule has 1 aliphatic rings. The summed E-state index contributed by atoms with van der Waals surface area (Å²) in [6.07, 6.45) is 0. The van der Waals surface area contributed by atoms with Crippen molar-refractivity contribution in [3.05, 3.63) is 41.6 Å². The van der Waals surface area contributed by atoms with E-state index in [0.29, 0.717) is 5.69 Å². The van der Waals surface area contributed by atoms with Gasteiger partial charge in [0.05, 0.1) is 5.69 Å². The molecule has 5 nitrogen and oxygen atoms in total. The monoisotopic (exact) mass is 298 g/mol. The fourth-order valence-corrected chi connectivity index (χ4v) is 2.87. The van der Waals surface area contributed by atoms with Crippen molar-refractivity contribution in [2.75, 3.05) is 32.7 Å². The molecule has 1 amide bonds. The summed E-state index contributed by atoms with van der Waals surface area (Å²) < 4.78 is 0. The van der Waals surface area contributed by atoms with Crippen LogP contribution in [0.2, 0.25) is 0 Å². The molecule has 0 radical (unpaired) electrons. The third-order valence-corrected chi connectivity index (χ3v) is 4.34. The van der Waals surface area contributed by atoms with Gasteiger partial charge < -0.3 is 9.80 Å². The summed E-state index contributed by atoms with van der Waals surface area (Å²) in [5, 5.41) is 7.21. The maximum Gasteiger partial charge on any atom is 0.271 e. The second-order valence-electron chi connectivity index (χ2n) is 5.71. The number of piperazine rings is 1. The van der Waals surface area contributed by atoms with Gasteiger partial charge in [0.25, 0.3) is 5.91 Å². The minimum atomic E-state index is 0.0445. The number of nitrogens with one attached hydrogen (secondary N) is 1. The molecule has 116 valence electrons. The number of aryl methyl sites for hydroxylation is 1. The van der Waals surface area contributed by atoms with E-state index < -0.39 is 0 Å². The molecular formula is C17H22N4O. The quantitative estimate of drug-likeness (QED) is 0.945. The third kappa shape index (κ3) is 2.90. The molecule has 0 unspecified atom stereocenters. The van der Waals surface area contributed by atoms with Gasteiger partial charge in [0.2, 0.25) is 0 Å². The van der Waals surface area contributed by atoms with Crippen LogP contribution in [0, 0.1) is 6.92 Å². The van der Waals surface area contributed by atoms with Crippen LogP contribution >= 0.6 is 0 Å². The Balaban J connectivity index is 1.74. The molecule has 0 aliphatic carbocycles. The number of carbonyl (C=O) groups is 1. The van der Waals surface area contributed by atoms with Gasteiger partial charge in [-0.1, -0.05) is 31.2 Å². The summed E-state index contributed by atoms with van der Waals surface area (Å²) in [6, 6.07) is 9.93. The molecular weight excluding hydrogens is 276 g/mol. The Labute approximate surface area is 130 Å². The molecule has 1 aromatic heterocycles. The van der Waals surface area contributed by atoms with Crippen LogP contribution in [-0.4, -0.2) is 58.6 Å². The lowest BCUT2D eigenvalue weighted by Crippen LogP contribution is -2.48. The van der Waals surface area contributed by atoms with Crippen LogP contribution in [-0.2, 0) is 0 Å². The maximum absolute atomic E-state index is 12.6. The Morgan fingerprint density at radius 3 is 2.64 bits per heavy atom. The highest BCUT2D eigenvalue weighted by molar-refractivity contribution is 5.93. The first-order valence-corrected chi connectivity index (χ1v) is 7.82. The predicted octanol–water partition coefficient (Wildman–Crippen LogP) is 2.16. The zero-order valence-electron chi connectivity index (χ0n) is 13.2. The van der Waals surface area contributed by atoms with Crippen molar-refractivity contribution < 1.29 is 4.79 Å². The standard InChI is InChI=1S/C17H22N4O/c1-3-20-8-10-21(11-9-20)17(22)16-12-15(18-19-16)14-7-5-4-6-13(14)2/h4-7,12H,3,8-11H2,1-2H3,(H,18,19). The SMILES string of the molecule is CCN1CCN(C(=O)c2cc(-c3ccccc3C)n[nH]2)CC1. The van der Waals surface area contributed by atoms with Gasteiger partial charge in [-0.15, -0.1) is 0 Å². The number of hydrogen-bond acceptors (Lipinski definition) is 3. The molecule has 5 heteroatoms. The van der Waals surface area contributed by atoms with E-state index in [1.54, 1.807) is 0 Å². The number of nitrogens with zero attached hydrogens (tertiary/aromatic N) is 3. The molecule has 0 spiro atoms. The lowest BCUT2D eigenvalue weighted by atomic mass is 10.1. The van der Waals surface area contributed by atoms with Gasteiger partial charge in [-0.25, -0.2) is 0 Å². The summed E-state index contributed by atoms with van der Waals surface area (Å²) >= 11 is 0. The highest BCUT2D eigenvalue weighted by Crippen LogP contribution is 2.22. The number of hydrogen-bond donors (Lipinski definition) is 1. The smallest absolute Gasteiger partial charge is 0.271 e. The number of H-pyrrole nitrogens is 1. The topological polar surface area (TPSA) is 52.2 Å². The largest absolute Gasteiger partial charge is 0.335 e.